The second kappa shape index (κ2) is 4.75. The number of rotatable bonds is 2. The highest BCUT2D eigenvalue weighted by molar-refractivity contribution is 5.83. The number of nitrogen functional groups attached to an aromatic ring is 1. The molecule has 3 N–H and O–H groups in total. The zero-order valence-electron chi connectivity index (χ0n) is 9.87. The molecule has 1 aromatic heterocycles. The van der Waals surface area contributed by atoms with Crippen molar-refractivity contribution in [3.8, 4) is 5.75 Å². The van der Waals surface area contributed by atoms with Crippen LogP contribution in [0, 0.1) is 6.92 Å². The lowest BCUT2D eigenvalue weighted by Gasteiger charge is -2.04. The highest BCUT2D eigenvalue weighted by Gasteiger charge is 2.00. The van der Waals surface area contributed by atoms with Crippen molar-refractivity contribution in [2.75, 3.05) is 5.73 Å². The van der Waals surface area contributed by atoms with Crippen LogP contribution in [0.2, 0.25) is 0 Å². The third-order valence-electron chi connectivity index (χ3n) is 2.43. The standard InChI is InChI=1S/C13H13N3O2/c1-9-6-12(14)16(13(18)7-9)15-8-10-4-2-3-5-11(10)17/h2-8,17H,14H2,1H3/b15-8+. The van der Waals surface area contributed by atoms with Gasteiger partial charge in [0.2, 0.25) is 0 Å². The SMILES string of the molecule is Cc1cc(N)n(/N=C/c2ccccc2O)c(=O)c1. The van der Waals surface area contributed by atoms with Gasteiger partial charge in [-0.2, -0.15) is 9.78 Å². The monoisotopic (exact) mass is 243 g/mol. The number of phenols is 1. The third kappa shape index (κ3) is 2.40. The maximum atomic E-state index is 11.7. The van der Waals surface area contributed by atoms with Crippen molar-refractivity contribution in [3.63, 3.8) is 0 Å². The molecule has 0 saturated carbocycles. The second-order valence-electron chi connectivity index (χ2n) is 3.91. The van der Waals surface area contributed by atoms with Crippen molar-refractivity contribution in [3.05, 3.63) is 57.9 Å². The predicted octanol–water partition coefficient (Wildman–Crippen LogP) is 1.33. The van der Waals surface area contributed by atoms with E-state index in [-0.39, 0.29) is 17.1 Å². The number of para-hydroxylation sites is 1. The summed E-state index contributed by atoms with van der Waals surface area (Å²) in [7, 11) is 0. The number of pyridine rings is 1. The van der Waals surface area contributed by atoms with Gasteiger partial charge in [-0.25, -0.2) is 0 Å². The molecule has 0 bridgehead atoms. The van der Waals surface area contributed by atoms with Crippen LogP contribution in [0.15, 0.2) is 46.3 Å². The number of hydrogen-bond donors (Lipinski definition) is 2. The van der Waals surface area contributed by atoms with Crippen LogP contribution in [0.5, 0.6) is 5.75 Å². The molecular weight excluding hydrogens is 230 g/mol. The second-order valence-corrected chi connectivity index (χ2v) is 3.91. The van der Waals surface area contributed by atoms with Crippen LogP contribution in [0.4, 0.5) is 5.82 Å². The Hall–Kier alpha value is -2.56. The average molecular weight is 243 g/mol. The van der Waals surface area contributed by atoms with E-state index in [1.165, 1.54) is 12.3 Å². The number of aryl methyl sites for hydroxylation is 1. The first-order valence-corrected chi connectivity index (χ1v) is 5.39. The van der Waals surface area contributed by atoms with E-state index in [4.69, 9.17) is 5.73 Å². The number of nitrogens with zero attached hydrogens (tertiary/aromatic N) is 2. The molecule has 0 aliphatic carbocycles. The minimum absolute atomic E-state index is 0.0972. The van der Waals surface area contributed by atoms with E-state index in [0.717, 1.165) is 10.2 Å². The highest BCUT2D eigenvalue weighted by atomic mass is 16.3. The number of phenolic OH excluding ortho intramolecular Hbond substituents is 1. The van der Waals surface area contributed by atoms with Crippen molar-refractivity contribution in [2.24, 2.45) is 5.10 Å². The van der Waals surface area contributed by atoms with Gasteiger partial charge in [0.1, 0.15) is 11.6 Å². The number of benzene rings is 1. The zero-order chi connectivity index (χ0) is 13.1. The summed E-state index contributed by atoms with van der Waals surface area (Å²) in [4.78, 5) is 11.7. The van der Waals surface area contributed by atoms with Gasteiger partial charge in [0.15, 0.2) is 0 Å². The van der Waals surface area contributed by atoms with E-state index >= 15 is 0 Å². The Bertz CT molecular complexity index is 660. The minimum Gasteiger partial charge on any atom is -0.507 e. The molecule has 0 spiro atoms. The van der Waals surface area contributed by atoms with E-state index in [2.05, 4.69) is 5.10 Å². The van der Waals surface area contributed by atoms with Gasteiger partial charge in [0.25, 0.3) is 5.56 Å². The van der Waals surface area contributed by atoms with Crippen molar-refractivity contribution in [1.29, 1.82) is 0 Å². The smallest absolute Gasteiger partial charge is 0.273 e. The summed E-state index contributed by atoms with van der Waals surface area (Å²) in [6, 6.07) is 9.81. The highest BCUT2D eigenvalue weighted by Crippen LogP contribution is 2.13. The maximum Gasteiger partial charge on any atom is 0.273 e. The number of anilines is 1. The number of aromatic hydroxyl groups is 1. The van der Waals surface area contributed by atoms with E-state index in [0.29, 0.717) is 5.56 Å². The van der Waals surface area contributed by atoms with Crippen LogP contribution in [-0.2, 0) is 0 Å². The van der Waals surface area contributed by atoms with Gasteiger partial charge in [0.05, 0.1) is 6.21 Å². The fourth-order valence-electron chi connectivity index (χ4n) is 1.56. The first kappa shape index (κ1) is 11.9. The quantitative estimate of drug-likeness (QED) is 0.781. The number of nitrogens with two attached hydrogens (primary N) is 1. The molecular formula is C13H13N3O2. The molecule has 0 radical (unpaired) electrons. The average Bonchev–Trinajstić information content (AvgIpc) is 2.30. The molecule has 0 saturated heterocycles. The lowest BCUT2D eigenvalue weighted by Crippen LogP contribution is -2.19. The Morgan fingerprint density at radius 1 is 1.33 bits per heavy atom. The van der Waals surface area contributed by atoms with Crippen molar-refractivity contribution in [2.45, 2.75) is 6.92 Å². The van der Waals surface area contributed by atoms with Gasteiger partial charge in [0, 0.05) is 11.6 Å². The zero-order valence-corrected chi connectivity index (χ0v) is 9.87. The first-order chi connectivity index (χ1) is 8.58. The van der Waals surface area contributed by atoms with Gasteiger partial charge < -0.3 is 10.8 Å². The molecule has 2 rings (SSSR count). The van der Waals surface area contributed by atoms with Gasteiger partial charge in [-0.3, -0.25) is 4.79 Å². The fourth-order valence-corrected chi connectivity index (χ4v) is 1.56. The van der Waals surface area contributed by atoms with Crippen LogP contribution in [-0.4, -0.2) is 16.0 Å². The summed E-state index contributed by atoms with van der Waals surface area (Å²) in [6.07, 6.45) is 1.39. The van der Waals surface area contributed by atoms with Gasteiger partial charge >= 0.3 is 0 Å². The summed E-state index contributed by atoms with van der Waals surface area (Å²) in [6.45, 7) is 1.79. The molecule has 0 aliphatic rings. The topological polar surface area (TPSA) is 80.6 Å². The molecule has 2 aromatic rings. The molecule has 0 atom stereocenters. The van der Waals surface area contributed by atoms with Crippen LogP contribution in [0.1, 0.15) is 11.1 Å². The van der Waals surface area contributed by atoms with Crippen molar-refractivity contribution < 1.29 is 5.11 Å². The van der Waals surface area contributed by atoms with Crippen LogP contribution in [0.25, 0.3) is 0 Å². The molecule has 0 amide bonds. The molecule has 5 heteroatoms. The summed E-state index contributed by atoms with van der Waals surface area (Å²) in [5.74, 6) is 0.353. The molecule has 0 fully saturated rings. The molecule has 0 aliphatic heterocycles. The van der Waals surface area contributed by atoms with E-state index in [1.54, 1.807) is 37.3 Å². The largest absolute Gasteiger partial charge is 0.507 e. The molecule has 18 heavy (non-hydrogen) atoms. The summed E-state index contributed by atoms with van der Waals surface area (Å²) in [5, 5.41) is 13.5. The van der Waals surface area contributed by atoms with Crippen molar-refractivity contribution in [1.82, 2.24) is 4.68 Å². The van der Waals surface area contributed by atoms with E-state index in [9.17, 15) is 9.90 Å². The van der Waals surface area contributed by atoms with Gasteiger partial charge in [-0.05, 0) is 30.7 Å². The molecule has 1 heterocycles. The summed E-state index contributed by atoms with van der Waals surface area (Å²) >= 11 is 0. The Labute approximate surface area is 104 Å². The Morgan fingerprint density at radius 3 is 2.72 bits per heavy atom. The maximum absolute atomic E-state index is 11.7. The Morgan fingerprint density at radius 2 is 2.06 bits per heavy atom. The molecule has 5 nitrogen and oxygen atoms in total. The fraction of sp³-hybridized carbons (Fsp3) is 0.0769. The molecule has 1 aromatic carbocycles. The lowest BCUT2D eigenvalue weighted by molar-refractivity contribution is 0.474. The van der Waals surface area contributed by atoms with Crippen LogP contribution < -0.4 is 11.3 Å². The molecule has 0 unspecified atom stereocenters. The van der Waals surface area contributed by atoms with Gasteiger partial charge in [-0.15, -0.1) is 0 Å². The number of aromatic nitrogens is 1. The van der Waals surface area contributed by atoms with Crippen LogP contribution in [0.3, 0.4) is 0 Å². The van der Waals surface area contributed by atoms with E-state index in [1.807, 2.05) is 0 Å². The van der Waals surface area contributed by atoms with Gasteiger partial charge in [-0.1, -0.05) is 12.1 Å². The van der Waals surface area contributed by atoms with E-state index < -0.39 is 0 Å². The summed E-state index contributed by atoms with van der Waals surface area (Å²) < 4.78 is 1.08. The number of hydrogen-bond acceptors (Lipinski definition) is 4. The third-order valence-corrected chi connectivity index (χ3v) is 2.43. The Balaban J connectivity index is 2.42. The minimum atomic E-state index is -0.306. The molecule has 92 valence electrons. The van der Waals surface area contributed by atoms with Crippen LogP contribution >= 0.6 is 0 Å². The Kier molecular flexibility index (Phi) is 3.14. The summed E-state index contributed by atoms with van der Waals surface area (Å²) in [5.41, 5.74) is 6.71. The van der Waals surface area contributed by atoms with Crippen molar-refractivity contribution >= 4 is 12.0 Å². The normalized spacial score (nSPS) is 10.9. The predicted molar refractivity (Wildman–Crippen MR) is 71.0 cm³/mol. The lowest BCUT2D eigenvalue weighted by atomic mass is 10.2. The first-order valence-electron chi connectivity index (χ1n) is 5.39.